The van der Waals surface area contributed by atoms with Crippen LogP contribution in [0.1, 0.15) is 25.7 Å². The first-order chi connectivity index (χ1) is 15.0. The molecule has 32 heavy (non-hydrogen) atoms. The van der Waals surface area contributed by atoms with E-state index >= 15 is 0 Å². The Morgan fingerprint density at radius 3 is 2.62 bits per heavy atom. The molecule has 0 amide bonds. The van der Waals surface area contributed by atoms with Crippen molar-refractivity contribution in [3.8, 4) is 16.6 Å². The SMILES string of the molecule is Cl.O=c1[nH]c(OC2CCC2)nc(N[C@@H]2C[C@H](CO)[C@@H](O)[C@H]2O)c1-c1nc2ccccc2s1. The molecule has 1 aromatic carbocycles. The minimum Gasteiger partial charge on any atom is -0.461 e. The van der Waals surface area contributed by atoms with E-state index in [0.717, 1.165) is 29.5 Å². The van der Waals surface area contributed by atoms with Gasteiger partial charge in [0.1, 0.15) is 28.6 Å². The van der Waals surface area contributed by atoms with Crippen molar-refractivity contribution in [3.05, 3.63) is 34.6 Å². The highest BCUT2D eigenvalue weighted by Crippen LogP contribution is 2.35. The third-order valence-corrected chi connectivity index (χ3v) is 7.15. The molecule has 0 radical (unpaired) electrons. The Hall–Kier alpha value is -2.24. The second-order valence-electron chi connectivity index (χ2n) is 8.16. The number of aliphatic hydroxyl groups is 3. The lowest BCUT2D eigenvalue weighted by Gasteiger charge is -2.26. The quantitative estimate of drug-likeness (QED) is 0.360. The molecule has 2 saturated carbocycles. The van der Waals surface area contributed by atoms with Crippen molar-refractivity contribution in [2.24, 2.45) is 5.92 Å². The summed E-state index contributed by atoms with van der Waals surface area (Å²) >= 11 is 1.37. The third kappa shape index (κ3) is 4.20. The lowest BCUT2D eigenvalue weighted by molar-refractivity contribution is 0.00445. The first-order valence-electron chi connectivity index (χ1n) is 10.4. The van der Waals surface area contributed by atoms with Gasteiger partial charge in [-0.15, -0.1) is 23.7 Å². The molecule has 2 heterocycles. The van der Waals surface area contributed by atoms with Crippen LogP contribution in [0.4, 0.5) is 5.82 Å². The molecule has 0 bridgehead atoms. The van der Waals surface area contributed by atoms with Gasteiger partial charge < -0.3 is 25.4 Å². The van der Waals surface area contributed by atoms with Crippen LogP contribution in [0.5, 0.6) is 6.01 Å². The maximum Gasteiger partial charge on any atom is 0.298 e. The molecule has 2 fully saturated rings. The number of halogens is 1. The van der Waals surface area contributed by atoms with E-state index in [1.807, 2.05) is 24.3 Å². The first-order valence-corrected chi connectivity index (χ1v) is 11.3. The van der Waals surface area contributed by atoms with Crippen molar-refractivity contribution >= 4 is 39.8 Å². The zero-order valence-corrected chi connectivity index (χ0v) is 18.7. The number of benzene rings is 1. The highest BCUT2D eigenvalue weighted by atomic mass is 35.5. The topological polar surface area (TPSA) is 141 Å². The Balaban J connectivity index is 0.00000245. The minimum absolute atomic E-state index is 0. The van der Waals surface area contributed by atoms with Crippen LogP contribution in [0.2, 0.25) is 0 Å². The average Bonchev–Trinajstić information content (AvgIpc) is 3.26. The molecule has 0 unspecified atom stereocenters. The second kappa shape index (κ2) is 9.32. The Morgan fingerprint density at radius 2 is 1.97 bits per heavy atom. The van der Waals surface area contributed by atoms with E-state index in [1.165, 1.54) is 11.3 Å². The number of rotatable bonds is 6. The summed E-state index contributed by atoms with van der Waals surface area (Å²) < 4.78 is 6.74. The normalized spacial score (nSPS) is 25.3. The lowest BCUT2D eigenvalue weighted by atomic mass is 9.96. The summed E-state index contributed by atoms with van der Waals surface area (Å²) in [6, 6.07) is 7.14. The smallest absolute Gasteiger partial charge is 0.298 e. The number of H-pyrrole nitrogens is 1. The van der Waals surface area contributed by atoms with Crippen LogP contribution >= 0.6 is 23.7 Å². The number of para-hydroxylation sites is 1. The summed E-state index contributed by atoms with van der Waals surface area (Å²) in [5, 5.41) is 33.7. The standard InChI is InChI=1S/C21H24N4O5S.ClH/c26-9-10-8-13(17(28)16(10)27)22-18-15(20-23-12-6-1-2-7-14(12)31-20)19(29)25-21(24-18)30-11-4-3-5-11;/h1-2,6-7,10-11,13,16-17,26-28H,3-5,8-9H2,(H2,22,24,25,29);1H/t10-,13-,16-,17+;/m1./s1. The Labute approximate surface area is 193 Å². The summed E-state index contributed by atoms with van der Waals surface area (Å²) in [6.45, 7) is -0.236. The van der Waals surface area contributed by atoms with Gasteiger partial charge in [0.25, 0.3) is 11.6 Å². The molecule has 0 saturated heterocycles. The van der Waals surface area contributed by atoms with Crippen molar-refractivity contribution < 1.29 is 20.1 Å². The maximum atomic E-state index is 13.1. The number of aromatic amines is 1. The zero-order valence-electron chi connectivity index (χ0n) is 17.1. The average molecular weight is 481 g/mol. The van der Waals surface area contributed by atoms with E-state index in [-0.39, 0.29) is 42.5 Å². The van der Waals surface area contributed by atoms with E-state index in [0.29, 0.717) is 11.4 Å². The molecule has 3 aromatic rings. The van der Waals surface area contributed by atoms with E-state index in [2.05, 4.69) is 20.3 Å². The molecule has 5 N–H and O–H groups in total. The molecule has 5 rings (SSSR count). The van der Waals surface area contributed by atoms with Gasteiger partial charge in [-0.25, -0.2) is 4.98 Å². The fraction of sp³-hybridized carbons (Fsp3) is 0.476. The highest BCUT2D eigenvalue weighted by molar-refractivity contribution is 7.21. The van der Waals surface area contributed by atoms with Crippen LogP contribution in [0.15, 0.2) is 29.1 Å². The van der Waals surface area contributed by atoms with E-state index in [4.69, 9.17) is 4.74 Å². The van der Waals surface area contributed by atoms with Gasteiger partial charge in [-0.2, -0.15) is 4.98 Å². The minimum atomic E-state index is -1.10. The number of hydrogen-bond donors (Lipinski definition) is 5. The Morgan fingerprint density at radius 1 is 1.19 bits per heavy atom. The summed E-state index contributed by atoms with van der Waals surface area (Å²) in [4.78, 5) is 24.9. The molecule has 2 aliphatic rings. The van der Waals surface area contributed by atoms with Gasteiger partial charge >= 0.3 is 0 Å². The molecule has 0 spiro atoms. The van der Waals surface area contributed by atoms with Crippen molar-refractivity contribution in [1.82, 2.24) is 15.0 Å². The molecule has 11 heteroatoms. The van der Waals surface area contributed by atoms with Gasteiger partial charge in [-0.05, 0) is 37.8 Å². The van der Waals surface area contributed by atoms with Gasteiger partial charge in [0.2, 0.25) is 0 Å². The number of hydrogen-bond acceptors (Lipinski definition) is 9. The van der Waals surface area contributed by atoms with Crippen molar-refractivity contribution in [2.45, 2.75) is 50.0 Å². The van der Waals surface area contributed by atoms with Gasteiger partial charge in [0, 0.05) is 12.5 Å². The summed E-state index contributed by atoms with van der Waals surface area (Å²) in [6.07, 6.45) is 1.12. The number of anilines is 1. The highest BCUT2D eigenvalue weighted by Gasteiger charge is 2.41. The maximum absolute atomic E-state index is 13.1. The van der Waals surface area contributed by atoms with Gasteiger partial charge in [0.05, 0.1) is 22.4 Å². The molecule has 9 nitrogen and oxygen atoms in total. The number of aromatic nitrogens is 3. The van der Waals surface area contributed by atoms with E-state index in [1.54, 1.807) is 0 Å². The summed E-state index contributed by atoms with van der Waals surface area (Å²) in [5.41, 5.74) is 0.647. The number of thiazole rings is 1. The third-order valence-electron chi connectivity index (χ3n) is 6.09. The predicted molar refractivity (Wildman–Crippen MR) is 124 cm³/mol. The van der Waals surface area contributed by atoms with Crippen LogP contribution < -0.4 is 15.6 Å². The fourth-order valence-electron chi connectivity index (χ4n) is 4.06. The molecule has 2 aromatic heterocycles. The van der Waals surface area contributed by atoms with Crippen molar-refractivity contribution in [1.29, 1.82) is 0 Å². The molecule has 172 valence electrons. The van der Waals surface area contributed by atoms with Crippen LogP contribution in [-0.4, -0.2) is 61.2 Å². The Kier molecular flexibility index (Phi) is 6.68. The zero-order chi connectivity index (χ0) is 21.5. The molecule has 2 aliphatic carbocycles. The van der Waals surface area contributed by atoms with Crippen LogP contribution in [0, 0.1) is 5.92 Å². The number of aliphatic hydroxyl groups excluding tert-OH is 3. The molecule has 0 aliphatic heterocycles. The largest absolute Gasteiger partial charge is 0.461 e. The van der Waals surface area contributed by atoms with Crippen molar-refractivity contribution in [3.63, 3.8) is 0 Å². The summed E-state index contributed by atoms with van der Waals surface area (Å²) in [7, 11) is 0. The number of nitrogens with zero attached hydrogens (tertiary/aromatic N) is 2. The number of nitrogens with one attached hydrogen (secondary N) is 2. The van der Waals surface area contributed by atoms with Gasteiger partial charge in [-0.3, -0.25) is 9.78 Å². The monoisotopic (exact) mass is 480 g/mol. The Bertz CT molecular complexity index is 1120. The summed E-state index contributed by atoms with van der Waals surface area (Å²) in [5.74, 6) is -0.210. The number of ether oxygens (including phenoxy) is 1. The van der Waals surface area contributed by atoms with Crippen LogP contribution in [0.3, 0.4) is 0 Å². The number of fused-ring (bicyclic) bond motifs is 1. The second-order valence-corrected chi connectivity index (χ2v) is 9.19. The van der Waals surface area contributed by atoms with Gasteiger partial charge in [-0.1, -0.05) is 12.1 Å². The van der Waals surface area contributed by atoms with Crippen LogP contribution in [-0.2, 0) is 0 Å². The molecular weight excluding hydrogens is 456 g/mol. The fourth-order valence-corrected chi connectivity index (χ4v) is 5.07. The lowest BCUT2D eigenvalue weighted by Crippen LogP contribution is -2.36. The first kappa shape index (κ1) is 22.9. The van der Waals surface area contributed by atoms with E-state index in [9.17, 15) is 20.1 Å². The van der Waals surface area contributed by atoms with Crippen molar-refractivity contribution in [2.75, 3.05) is 11.9 Å². The molecule has 4 atom stereocenters. The van der Waals surface area contributed by atoms with Crippen LogP contribution in [0.25, 0.3) is 20.8 Å². The van der Waals surface area contributed by atoms with E-state index < -0.39 is 29.7 Å². The predicted octanol–water partition coefficient (Wildman–Crippen LogP) is 1.91. The van der Waals surface area contributed by atoms with Gasteiger partial charge in [0.15, 0.2) is 0 Å². The molecular formula is C21H25ClN4O5S.